The van der Waals surface area contributed by atoms with Crippen LogP contribution in [0.5, 0.6) is 0 Å². The maximum Gasteiger partial charge on any atom is 0.335 e. The Hall–Kier alpha value is -0.730. The molecule has 0 aliphatic carbocycles. The Bertz CT molecular complexity index is 605. The Morgan fingerprint density at radius 3 is 2.67 bits per heavy atom. The molecule has 106 valence electrons. The predicted molar refractivity (Wildman–Crippen MR) is 59.7 cm³/mol. The molecule has 1 rings (SSSR count). The summed E-state index contributed by atoms with van der Waals surface area (Å²) in [6.07, 6.45) is -15.6. The lowest BCUT2D eigenvalue weighted by atomic mass is 9.99. The summed E-state index contributed by atoms with van der Waals surface area (Å²) in [5.41, 5.74) is 0. The Labute approximate surface area is 120 Å². The number of aliphatic hydroxyl groups is 3. The van der Waals surface area contributed by atoms with Gasteiger partial charge in [0.2, 0.25) is 0 Å². The van der Waals surface area contributed by atoms with Gasteiger partial charge in [-0.25, -0.2) is 4.79 Å². The highest BCUT2D eigenvalue weighted by Crippen LogP contribution is 2.22. The molecule has 5 atom stereocenters. The van der Waals surface area contributed by atoms with E-state index in [4.69, 9.17) is 20.2 Å². The molecule has 1 fully saturated rings. The summed E-state index contributed by atoms with van der Waals surface area (Å²) in [6, 6.07) is 0. The van der Waals surface area contributed by atoms with Crippen LogP contribution in [0.3, 0.4) is 0 Å². The number of aliphatic carboxylic acids is 1. The monoisotopic (exact) mass is 275 g/mol. The van der Waals surface area contributed by atoms with Gasteiger partial charge in [-0.15, -0.1) is 0 Å². The number of rotatable bonds is 5. The van der Waals surface area contributed by atoms with Crippen molar-refractivity contribution in [3.8, 4) is 0 Å². The van der Waals surface area contributed by atoms with Crippen molar-refractivity contribution in [1.29, 1.82) is 0 Å². The second kappa shape index (κ2) is 6.44. The number of carboxylic acids is 1. The molecule has 0 saturated carbocycles. The molecule has 7 nitrogen and oxygen atoms in total. The summed E-state index contributed by atoms with van der Waals surface area (Å²) in [5.74, 6) is -5.93. The van der Waals surface area contributed by atoms with Gasteiger partial charge in [-0.2, -0.15) is 0 Å². The molecule has 1 heterocycles. The second-order valence-corrected chi connectivity index (χ2v) is 3.46. The minimum atomic E-state index is -4.11. The van der Waals surface area contributed by atoms with Crippen LogP contribution in [0.25, 0.3) is 0 Å². The zero-order valence-electron chi connectivity index (χ0n) is 19.9. The molecule has 0 unspecified atom stereocenters. The quantitative estimate of drug-likeness (QED) is 0.505. The first-order chi connectivity index (χ1) is 12.6. The minimum absolute atomic E-state index is 1.86. The first kappa shape index (κ1) is 5.72. The van der Waals surface area contributed by atoms with Crippen LogP contribution in [0.2, 0.25) is 0 Å². The van der Waals surface area contributed by atoms with Gasteiger partial charge in [0.25, 0.3) is 0 Å². The van der Waals surface area contributed by atoms with Gasteiger partial charge < -0.3 is 29.9 Å². The number of hydrogen-bond acceptors (Lipinski definition) is 6. The third kappa shape index (κ3) is 3.63. The van der Waals surface area contributed by atoms with E-state index < -0.39 is 69.2 Å². The molecule has 0 bridgehead atoms. The Morgan fingerprint density at radius 2 is 2.11 bits per heavy atom. The second-order valence-electron chi connectivity index (χ2n) is 3.46. The van der Waals surface area contributed by atoms with Gasteiger partial charge in [0, 0.05) is 12.3 Å². The summed E-state index contributed by atoms with van der Waals surface area (Å²) in [6.45, 7) is -11.7. The van der Waals surface area contributed by atoms with E-state index in [2.05, 4.69) is 9.47 Å². The molecule has 0 radical (unpaired) electrons. The third-order valence-electron chi connectivity index (χ3n) is 2.16. The largest absolute Gasteiger partial charge is 0.479 e. The molecule has 0 spiro atoms. The van der Waals surface area contributed by atoms with Crippen LogP contribution >= 0.6 is 0 Å². The highest BCUT2D eigenvalue weighted by atomic mass is 16.7. The average molecular weight is 275 g/mol. The van der Waals surface area contributed by atoms with Crippen LogP contribution in [0.1, 0.15) is 35.2 Å². The van der Waals surface area contributed by atoms with Crippen LogP contribution in [-0.2, 0) is 14.3 Å². The van der Waals surface area contributed by atoms with Crippen LogP contribution in [0.4, 0.5) is 0 Å². The summed E-state index contributed by atoms with van der Waals surface area (Å²) in [4.78, 5) is 11.1. The van der Waals surface area contributed by atoms with Crippen molar-refractivity contribution in [2.75, 3.05) is 6.56 Å². The zero-order valence-corrected chi connectivity index (χ0v) is 8.90. The predicted octanol–water partition coefficient (Wildman–Crippen LogP) is -1.06. The van der Waals surface area contributed by atoms with Gasteiger partial charge in [0.1, 0.15) is 18.3 Å². The third-order valence-corrected chi connectivity index (χ3v) is 2.16. The molecule has 18 heavy (non-hydrogen) atoms. The molecule has 4 N–H and O–H groups in total. The van der Waals surface area contributed by atoms with Gasteiger partial charge in [-0.05, 0) is 12.3 Å². The molecule has 1 saturated heterocycles. The van der Waals surface area contributed by atoms with E-state index in [9.17, 15) is 20.1 Å². The fourth-order valence-electron chi connectivity index (χ4n) is 1.29. The van der Waals surface area contributed by atoms with Gasteiger partial charge in [-0.1, -0.05) is 13.7 Å². The van der Waals surface area contributed by atoms with Crippen molar-refractivity contribution < 1.29 is 49.8 Å². The standard InChI is InChI=1S/C11H20O7/c1-5(2)3-4-17-11-8(14)6(12)7(13)9(18-11)10(15)16/h5-9,11-14H,3-4H2,1-2H3,(H,15,16)/t6-,7-,8+,9-,11+/m0/s1/i1D3,2D3,3D2,4D2,5D. The van der Waals surface area contributed by atoms with Crippen molar-refractivity contribution in [3.05, 3.63) is 0 Å². The number of carboxylic acid groups (broad SMARTS) is 1. The van der Waals surface area contributed by atoms with Crippen LogP contribution in [0, 0.1) is 5.89 Å². The van der Waals surface area contributed by atoms with E-state index in [1.54, 1.807) is 0 Å². The van der Waals surface area contributed by atoms with Crippen LogP contribution in [-0.4, -0.2) is 63.7 Å². The highest BCUT2D eigenvalue weighted by Gasteiger charge is 2.47. The number of carbonyl (C=O) groups is 1. The van der Waals surface area contributed by atoms with Gasteiger partial charge >= 0.3 is 5.97 Å². The van der Waals surface area contributed by atoms with Crippen LogP contribution in [0.15, 0.2) is 0 Å². The van der Waals surface area contributed by atoms with Gasteiger partial charge in [0.15, 0.2) is 12.4 Å². The van der Waals surface area contributed by atoms with Gasteiger partial charge in [-0.3, -0.25) is 0 Å². The lowest BCUT2D eigenvalue weighted by molar-refractivity contribution is -0.294. The van der Waals surface area contributed by atoms with E-state index in [0.717, 1.165) is 0 Å². The van der Waals surface area contributed by atoms with Gasteiger partial charge in [0.05, 0.1) is 9.30 Å². The van der Waals surface area contributed by atoms with Crippen molar-refractivity contribution in [1.82, 2.24) is 0 Å². The van der Waals surface area contributed by atoms with Crippen molar-refractivity contribution in [2.24, 2.45) is 5.89 Å². The molecule has 1 aliphatic heterocycles. The Kier molecular flexibility index (Phi) is 2.05. The average Bonchev–Trinajstić information content (AvgIpc) is 2.51. The van der Waals surface area contributed by atoms with E-state index in [0.29, 0.717) is 0 Å². The maximum absolute atomic E-state index is 11.1. The summed E-state index contributed by atoms with van der Waals surface area (Å²) in [7, 11) is 0. The molecule has 1 aliphatic rings. The zero-order chi connectivity index (χ0) is 23.4. The van der Waals surface area contributed by atoms with E-state index in [1.807, 2.05) is 0 Å². The molecule has 0 aromatic carbocycles. The normalized spacial score (nSPS) is 49.5. The number of hydrogen-bond donors (Lipinski definition) is 4. The first-order valence-corrected chi connectivity index (χ1v) is 4.74. The highest BCUT2D eigenvalue weighted by molar-refractivity contribution is 5.73. The SMILES string of the molecule is [2H]C([2H])([2H])C([2H])(C([2H])([2H])[2H])C([2H])([2H])C([2H])([2H])O[C@@H]1O[C@H](C(=O)O)[C@@H](O)[C@H](O)[C@H]1O. The van der Waals surface area contributed by atoms with E-state index in [1.165, 1.54) is 0 Å². The summed E-state index contributed by atoms with van der Waals surface area (Å²) in [5, 5.41) is 38.1. The van der Waals surface area contributed by atoms with E-state index in [-0.39, 0.29) is 0 Å². The van der Waals surface area contributed by atoms with Crippen molar-refractivity contribution in [3.63, 3.8) is 0 Å². The van der Waals surface area contributed by atoms with Crippen molar-refractivity contribution >= 4 is 5.97 Å². The minimum Gasteiger partial charge on any atom is -0.479 e. The van der Waals surface area contributed by atoms with Crippen molar-refractivity contribution in [2.45, 2.75) is 50.8 Å². The molecule has 0 amide bonds. The lowest BCUT2D eigenvalue weighted by Crippen LogP contribution is -2.60. The van der Waals surface area contributed by atoms with Crippen LogP contribution < -0.4 is 0 Å². The summed E-state index contributed by atoms with van der Waals surface area (Å²) < 4.78 is 91.7. The summed E-state index contributed by atoms with van der Waals surface area (Å²) >= 11 is 0. The molecule has 7 heteroatoms. The fraction of sp³-hybridized carbons (Fsp3) is 0.909. The molecule has 0 aromatic heterocycles. The first-order valence-electron chi connectivity index (χ1n) is 10.2. The molecular formula is C11H20O7. The fourth-order valence-corrected chi connectivity index (χ4v) is 1.29. The smallest absolute Gasteiger partial charge is 0.335 e. The maximum atomic E-state index is 11.1. The molecule has 0 aromatic rings. The Morgan fingerprint density at radius 1 is 1.44 bits per heavy atom. The lowest BCUT2D eigenvalue weighted by Gasteiger charge is -2.38. The topological polar surface area (TPSA) is 116 Å². The number of ether oxygens (including phenoxy) is 2. The Balaban J connectivity index is 3.37. The molecular weight excluding hydrogens is 244 g/mol. The number of aliphatic hydroxyl groups excluding tert-OH is 3. The van der Waals surface area contributed by atoms with E-state index >= 15 is 0 Å².